The number of nitrogens with zero attached hydrogens (tertiary/aromatic N) is 2. The predicted octanol–water partition coefficient (Wildman–Crippen LogP) is 3.17. The van der Waals surface area contributed by atoms with Gasteiger partial charge in [-0.1, -0.05) is 12.6 Å². The fourth-order valence-corrected chi connectivity index (χ4v) is 4.92. The molecular weight excluding hydrogens is 433 g/mol. The Morgan fingerprint density at radius 1 is 1.38 bits per heavy atom. The zero-order valence-electron chi connectivity index (χ0n) is 20.0. The molecule has 5 N–H and O–H groups in total. The fraction of sp³-hybridized carbons (Fsp3) is 0.385. The predicted molar refractivity (Wildman–Crippen MR) is 133 cm³/mol. The molecule has 8 heteroatoms. The van der Waals surface area contributed by atoms with Gasteiger partial charge in [0.15, 0.2) is 0 Å². The number of pyridine rings is 2. The minimum atomic E-state index is -0.217. The Labute approximate surface area is 198 Å². The van der Waals surface area contributed by atoms with E-state index in [9.17, 15) is 9.18 Å². The standard InChI is InChI=1S/C22H20FN3O.C4H12N2O/c1-4-24-16-7-6-13-12(3)15(23)9-17-19(13)20(16)14-10-26-18(21(14)25-17)8-5-11(2)22(26)27;1-4(6)2-7-3-5/h4-5,8-9,16,24H,1,6-7,10H2,2-3H3;4H,2-3,5-6H2,1H3. The van der Waals surface area contributed by atoms with E-state index in [1.54, 1.807) is 10.8 Å². The van der Waals surface area contributed by atoms with Crippen molar-refractivity contribution in [2.75, 3.05) is 13.3 Å². The summed E-state index contributed by atoms with van der Waals surface area (Å²) in [5.74, 6) is -0.217. The number of ether oxygens (including phenoxy) is 1. The van der Waals surface area contributed by atoms with Crippen molar-refractivity contribution in [1.29, 1.82) is 0 Å². The summed E-state index contributed by atoms with van der Waals surface area (Å²) in [7, 11) is 0. The largest absolute Gasteiger partial charge is 0.385 e. The molecule has 34 heavy (non-hydrogen) atoms. The van der Waals surface area contributed by atoms with Crippen LogP contribution >= 0.6 is 0 Å². The van der Waals surface area contributed by atoms with Crippen LogP contribution < -0.4 is 22.3 Å². The van der Waals surface area contributed by atoms with Gasteiger partial charge >= 0.3 is 0 Å². The molecule has 5 rings (SSSR count). The number of rotatable bonds is 5. The molecule has 0 saturated carbocycles. The maximum atomic E-state index is 14.5. The lowest BCUT2D eigenvalue weighted by Crippen LogP contribution is -2.24. The summed E-state index contributed by atoms with van der Waals surface area (Å²) >= 11 is 0. The zero-order chi connectivity index (χ0) is 24.6. The summed E-state index contributed by atoms with van der Waals surface area (Å²) in [5, 5.41) is 4.39. The topological polar surface area (TPSA) is 108 Å². The van der Waals surface area contributed by atoms with E-state index in [0.717, 1.165) is 46.3 Å². The molecular formula is C26H32FN5O2. The summed E-state index contributed by atoms with van der Waals surface area (Å²) < 4.78 is 21.1. The van der Waals surface area contributed by atoms with Gasteiger partial charge in [-0.25, -0.2) is 9.37 Å². The SMILES string of the molecule is C=CNC1CCc2c(C)c(F)cc3nc4c(c1c23)Cn1c-4ccc(C)c1=O.CC(N)COCN. The van der Waals surface area contributed by atoms with Crippen LogP contribution in [0.3, 0.4) is 0 Å². The quantitative estimate of drug-likeness (QED) is 0.391. The number of aryl methyl sites for hydroxylation is 2. The molecule has 3 aromatic rings. The Balaban J connectivity index is 0.000000344. The molecule has 2 unspecified atom stereocenters. The van der Waals surface area contributed by atoms with E-state index in [1.807, 2.05) is 32.9 Å². The van der Waals surface area contributed by atoms with Crippen LogP contribution in [-0.4, -0.2) is 28.9 Å². The van der Waals surface area contributed by atoms with E-state index in [-0.39, 0.29) is 30.2 Å². The van der Waals surface area contributed by atoms with Gasteiger partial charge in [0, 0.05) is 28.6 Å². The third-order valence-corrected chi connectivity index (χ3v) is 6.52. The van der Waals surface area contributed by atoms with E-state index in [1.165, 1.54) is 6.07 Å². The van der Waals surface area contributed by atoms with E-state index in [4.69, 9.17) is 21.2 Å². The lowest BCUT2D eigenvalue weighted by atomic mass is 9.82. The molecule has 0 fully saturated rings. The van der Waals surface area contributed by atoms with Gasteiger partial charge in [-0.05, 0) is 62.6 Å². The van der Waals surface area contributed by atoms with Crippen molar-refractivity contribution in [3.8, 4) is 11.4 Å². The number of hydrogen-bond acceptors (Lipinski definition) is 6. The zero-order valence-corrected chi connectivity index (χ0v) is 20.0. The van der Waals surface area contributed by atoms with Gasteiger partial charge in [0.05, 0.1) is 42.8 Å². The third kappa shape index (κ3) is 4.13. The van der Waals surface area contributed by atoms with Crippen molar-refractivity contribution in [1.82, 2.24) is 14.9 Å². The highest BCUT2D eigenvalue weighted by Gasteiger charge is 2.33. The van der Waals surface area contributed by atoms with E-state index >= 15 is 0 Å². The third-order valence-electron chi connectivity index (χ3n) is 6.52. The highest BCUT2D eigenvalue weighted by Crippen LogP contribution is 2.44. The molecule has 0 bridgehead atoms. The number of fused-ring (bicyclic) bond motifs is 4. The van der Waals surface area contributed by atoms with Crippen LogP contribution in [0.15, 0.2) is 35.8 Å². The van der Waals surface area contributed by atoms with Crippen LogP contribution in [0.4, 0.5) is 4.39 Å². The number of aromatic nitrogens is 2. The lowest BCUT2D eigenvalue weighted by molar-refractivity contribution is 0.131. The first kappa shape index (κ1) is 24.1. The molecule has 1 aliphatic heterocycles. The molecule has 0 saturated heterocycles. The average Bonchev–Trinajstić information content (AvgIpc) is 3.18. The van der Waals surface area contributed by atoms with Crippen molar-refractivity contribution in [2.45, 2.75) is 52.2 Å². The Morgan fingerprint density at radius 3 is 2.79 bits per heavy atom. The first-order valence-electron chi connectivity index (χ1n) is 11.5. The first-order chi connectivity index (χ1) is 16.3. The molecule has 1 aromatic carbocycles. The summed E-state index contributed by atoms with van der Waals surface area (Å²) in [5.41, 5.74) is 17.2. The van der Waals surface area contributed by atoms with E-state index < -0.39 is 0 Å². The first-order valence-corrected chi connectivity index (χ1v) is 11.5. The number of nitrogens with two attached hydrogens (primary N) is 2. The van der Waals surface area contributed by atoms with Gasteiger partial charge in [-0.2, -0.15) is 0 Å². The van der Waals surface area contributed by atoms with E-state index in [0.29, 0.717) is 29.8 Å². The number of nitrogens with one attached hydrogen (secondary N) is 1. The second-order valence-corrected chi connectivity index (χ2v) is 8.98. The second kappa shape index (κ2) is 9.66. The van der Waals surface area contributed by atoms with Gasteiger partial charge in [0.25, 0.3) is 5.56 Å². The van der Waals surface area contributed by atoms with Crippen molar-refractivity contribution in [3.05, 3.63) is 75.0 Å². The van der Waals surface area contributed by atoms with Crippen LogP contribution in [0.2, 0.25) is 0 Å². The Hall–Kier alpha value is -3.07. The van der Waals surface area contributed by atoms with E-state index in [2.05, 4.69) is 11.9 Å². The van der Waals surface area contributed by atoms with Crippen LogP contribution in [0, 0.1) is 19.7 Å². The maximum absolute atomic E-state index is 14.5. The fourth-order valence-electron chi connectivity index (χ4n) is 4.92. The van der Waals surface area contributed by atoms with Crippen molar-refractivity contribution in [3.63, 3.8) is 0 Å². The van der Waals surface area contributed by atoms with Crippen LogP contribution in [0.5, 0.6) is 0 Å². The second-order valence-electron chi connectivity index (χ2n) is 8.98. The molecule has 7 nitrogen and oxygen atoms in total. The number of halogens is 1. The summed E-state index contributed by atoms with van der Waals surface area (Å²) in [6.07, 6.45) is 3.37. The summed E-state index contributed by atoms with van der Waals surface area (Å²) in [6, 6.07) is 5.50. The van der Waals surface area contributed by atoms with Crippen molar-refractivity contribution < 1.29 is 9.13 Å². The minimum absolute atomic E-state index is 0.00776. The van der Waals surface area contributed by atoms with Crippen molar-refractivity contribution in [2.24, 2.45) is 11.5 Å². The van der Waals surface area contributed by atoms with Crippen LogP contribution in [0.25, 0.3) is 22.3 Å². The number of benzene rings is 1. The van der Waals surface area contributed by atoms with Crippen molar-refractivity contribution >= 4 is 10.9 Å². The average molecular weight is 466 g/mol. The minimum Gasteiger partial charge on any atom is -0.385 e. The van der Waals surface area contributed by atoms with Gasteiger partial charge in [0.2, 0.25) is 0 Å². The van der Waals surface area contributed by atoms with Crippen LogP contribution in [-0.2, 0) is 17.7 Å². The van der Waals surface area contributed by atoms with Crippen LogP contribution in [0.1, 0.15) is 47.2 Å². The van der Waals surface area contributed by atoms with Gasteiger partial charge < -0.3 is 26.1 Å². The lowest BCUT2D eigenvalue weighted by Gasteiger charge is -2.29. The Bertz CT molecular complexity index is 1320. The molecule has 0 amide bonds. The molecule has 180 valence electrons. The molecule has 2 aliphatic rings. The van der Waals surface area contributed by atoms with Gasteiger partial charge in [0.1, 0.15) is 5.82 Å². The Kier molecular flexibility index (Phi) is 6.84. The smallest absolute Gasteiger partial charge is 0.254 e. The normalized spacial score (nSPS) is 16.4. The summed E-state index contributed by atoms with van der Waals surface area (Å²) in [6.45, 7) is 10.7. The monoisotopic (exact) mass is 465 g/mol. The number of hydrogen-bond donors (Lipinski definition) is 3. The van der Waals surface area contributed by atoms with Gasteiger partial charge in [-0.15, -0.1) is 0 Å². The molecule has 0 radical (unpaired) electrons. The molecule has 0 spiro atoms. The maximum Gasteiger partial charge on any atom is 0.254 e. The molecule has 2 atom stereocenters. The Morgan fingerprint density at radius 2 is 2.15 bits per heavy atom. The van der Waals surface area contributed by atoms with Gasteiger partial charge in [-0.3, -0.25) is 4.79 Å². The summed E-state index contributed by atoms with van der Waals surface area (Å²) in [4.78, 5) is 17.5. The molecule has 1 aliphatic carbocycles. The molecule has 2 aromatic heterocycles. The highest BCUT2D eigenvalue weighted by atomic mass is 19.1. The highest BCUT2D eigenvalue weighted by molar-refractivity contribution is 5.92. The molecule has 3 heterocycles.